The third kappa shape index (κ3) is 2.79. The predicted molar refractivity (Wildman–Crippen MR) is 98.7 cm³/mol. The largest absolute Gasteiger partial charge is 0.322 e. The highest BCUT2D eigenvalue weighted by molar-refractivity contribution is 6.06. The van der Waals surface area contributed by atoms with E-state index in [1.807, 2.05) is 0 Å². The number of aryl methyl sites for hydroxylation is 1. The first kappa shape index (κ1) is 16.2. The topological polar surface area (TPSA) is 81.1 Å². The number of hydrogen-bond acceptors (Lipinski definition) is 4. The highest BCUT2D eigenvalue weighted by Crippen LogP contribution is 2.18. The molecule has 1 aliphatic rings. The van der Waals surface area contributed by atoms with Crippen molar-refractivity contribution in [1.82, 2.24) is 9.55 Å². The number of fused-ring (bicyclic) bond motifs is 2. The SMILES string of the molecule is CC(=O)c1cccc(NC(=O)c2ccc3c(=O)n4c(nc3c2)CCC4)c1. The van der Waals surface area contributed by atoms with Gasteiger partial charge in [0.1, 0.15) is 5.82 Å². The van der Waals surface area contributed by atoms with Crippen LogP contribution in [0.5, 0.6) is 0 Å². The maximum absolute atomic E-state index is 12.6. The molecular formula is C20H17N3O3. The van der Waals surface area contributed by atoms with E-state index in [0.29, 0.717) is 34.3 Å². The van der Waals surface area contributed by atoms with Gasteiger partial charge < -0.3 is 5.32 Å². The van der Waals surface area contributed by atoms with E-state index >= 15 is 0 Å². The van der Waals surface area contributed by atoms with Crippen molar-refractivity contribution >= 4 is 28.3 Å². The van der Waals surface area contributed by atoms with Crippen LogP contribution in [0.25, 0.3) is 10.9 Å². The molecule has 1 aromatic heterocycles. The van der Waals surface area contributed by atoms with Crippen molar-refractivity contribution in [1.29, 1.82) is 0 Å². The molecule has 0 atom stereocenters. The third-order valence-corrected chi connectivity index (χ3v) is 4.61. The maximum atomic E-state index is 12.6. The first-order chi connectivity index (χ1) is 12.5. The first-order valence-electron chi connectivity index (χ1n) is 8.49. The Bertz CT molecular complexity index is 1110. The van der Waals surface area contributed by atoms with Crippen molar-refractivity contribution in [2.75, 3.05) is 5.32 Å². The minimum Gasteiger partial charge on any atom is -0.322 e. The van der Waals surface area contributed by atoms with Gasteiger partial charge in [0.2, 0.25) is 0 Å². The van der Waals surface area contributed by atoms with Crippen LogP contribution in [0.2, 0.25) is 0 Å². The maximum Gasteiger partial charge on any atom is 0.261 e. The molecule has 2 heterocycles. The molecule has 0 unspecified atom stereocenters. The molecule has 26 heavy (non-hydrogen) atoms. The molecule has 6 nitrogen and oxygen atoms in total. The fraction of sp³-hybridized carbons (Fsp3) is 0.200. The number of anilines is 1. The lowest BCUT2D eigenvalue weighted by Gasteiger charge is -2.08. The monoisotopic (exact) mass is 347 g/mol. The van der Waals surface area contributed by atoms with Crippen LogP contribution in [0.3, 0.4) is 0 Å². The van der Waals surface area contributed by atoms with E-state index in [1.54, 1.807) is 47.0 Å². The van der Waals surface area contributed by atoms with Crippen LogP contribution in [0.1, 0.15) is 39.9 Å². The molecule has 3 aromatic rings. The lowest BCUT2D eigenvalue weighted by molar-refractivity contribution is 0.101. The molecule has 6 heteroatoms. The van der Waals surface area contributed by atoms with Crippen molar-refractivity contribution in [2.24, 2.45) is 0 Å². The van der Waals surface area contributed by atoms with Gasteiger partial charge in [-0.2, -0.15) is 0 Å². The highest BCUT2D eigenvalue weighted by atomic mass is 16.2. The van der Waals surface area contributed by atoms with E-state index in [4.69, 9.17) is 0 Å². The summed E-state index contributed by atoms with van der Waals surface area (Å²) in [6.07, 6.45) is 1.69. The van der Waals surface area contributed by atoms with Gasteiger partial charge in [-0.3, -0.25) is 19.0 Å². The van der Waals surface area contributed by atoms with Crippen LogP contribution in [0.4, 0.5) is 5.69 Å². The number of carbonyl (C=O) groups is 2. The Morgan fingerprint density at radius 1 is 1.12 bits per heavy atom. The molecule has 0 bridgehead atoms. The molecule has 0 saturated carbocycles. The normalized spacial score (nSPS) is 12.8. The van der Waals surface area contributed by atoms with Gasteiger partial charge in [-0.05, 0) is 43.7 Å². The Labute approximate surface area is 149 Å². The van der Waals surface area contributed by atoms with E-state index in [1.165, 1.54) is 6.92 Å². The van der Waals surface area contributed by atoms with Crippen LogP contribution < -0.4 is 10.9 Å². The molecule has 130 valence electrons. The molecule has 2 aromatic carbocycles. The van der Waals surface area contributed by atoms with Crippen molar-refractivity contribution in [3.63, 3.8) is 0 Å². The van der Waals surface area contributed by atoms with Crippen molar-refractivity contribution < 1.29 is 9.59 Å². The van der Waals surface area contributed by atoms with E-state index in [2.05, 4.69) is 10.3 Å². The molecule has 0 aliphatic carbocycles. The number of nitrogens with zero attached hydrogens (tertiary/aromatic N) is 2. The van der Waals surface area contributed by atoms with Crippen molar-refractivity contribution in [3.05, 3.63) is 69.8 Å². The summed E-state index contributed by atoms with van der Waals surface area (Å²) in [5.74, 6) is 0.398. The van der Waals surface area contributed by atoms with E-state index in [-0.39, 0.29) is 17.2 Å². The zero-order chi connectivity index (χ0) is 18.3. The van der Waals surface area contributed by atoms with Crippen LogP contribution >= 0.6 is 0 Å². The third-order valence-electron chi connectivity index (χ3n) is 4.61. The number of amides is 1. The fourth-order valence-corrected chi connectivity index (χ4v) is 3.24. The minimum absolute atomic E-state index is 0.0522. The molecule has 1 aliphatic heterocycles. The Morgan fingerprint density at radius 2 is 1.96 bits per heavy atom. The number of Topliss-reactive ketones (excluding diaryl/α,β-unsaturated/α-hetero) is 1. The molecule has 0 spiro atoms. The van der Waals surface area contributed by atoms with E-state index < -0.39 is 0 Å². The second kappa shape index (κ2) is 6.22. The standard InChI is InChI=1S/C20H17N3O3/c1-12(24)13-4-2-5-15(10-13)21-19(25)14-7-8-16-17(11-14)22-18-6-3-9-23(18)20(16)26/h2,4-5,7-8,10-11H,3,6,9H2,1H3,(H,21,25). The molecule has 4 rings (SSSR count). The Kier molecular flexibility index (Phi) is 3.88. The van der Waals surface area contributed by atoms with E-state index in [0.717, 1.165) is 18.7 Å². The number of hydrogen-bond donors (Lipinski definition) is 1. The van der Waals surface area contributed by atoms with Crippen LogP contribution in [-0.2, 0) is 13.0 Å². The molecule has 0 fully saturated rings. The minimum atomic E-state index is -0.310. The van der Waals surface area contributed by atoms with Gasteiger partial charge in [-0.25, -0.2) is 4.98 Å². The number of benzene rings is 2. The molecule has 0 saturated heterocycles. The Hall–Kier alpha value is -3.28. The number of aromatic nitrogens is 2. The van der Waals surface area contributed by atoms with Gasteiger partial charge >= 0.3 is 0 Å². The molecule has 0 radical (unpaired) electrons. The summed E-state index contributed by atoms with van der Waals surface area (Å²) in [5.41, 5.74) is 1.98. The van der Waals surface area contributed by atoms with Gasteiger partial charge in [0, 0.05) is 29.8 Å². The van der Waals surface area contributed by atoms with Crippen LogP contribution in [-0.4, -0.2) is 21.2 Å². The quantitative estimate of drug-likeness (QED) is 0.739. The average Bonchev–Trinajstić information content (AvgIpc) is 3.10. The zero-order valence-corrected chi connectivity index (χ0v) is 14.3. The van der Waals surface area contributed by atoms with Crippen molar-refractivity contribution in [2.45, 2.75) is 26.3 Å². The van der Waals surface area contributed by atoms with Crippen LogP contribution in [0.15, 0.2) is 47.3 Å². The summed E-state index contributed by atoms with van der Waals surface area (Å²) >= 11 is 0. The smallest absolute Gasteiger partial charge is 0.261 e. The lowest BCUT2D eigenvalue weighted by Crippen LogP contribution is -2.21. The second-order valence-corrected chi connectivity index (χ2v) is 6.41. The number of ketones is 1. The van der Waals surface area contributed by atoms with Gasteiger partial charge in [-0.1, -0.05) is 12.1 Å². The van der Waals surface area contributed by atoms with Gasteiger partial charge in [-0.15, -0.1) is 0 Å². The number of nitrogens with one attached hydrogen (secondary N) is 1. The Balaban J connectivity index is 1.67. The fourth-order valence-electron chi connectivity index (χ4n) is 3.24. The summed E-state index contributed by atoms with van der Waals surface area (Å²) in [7, 11) is 0. The molecule has 1 N–H and O–H groups in total. The van der Waals surface area contributed by atoms with Crippen LogP contribution in [0, 0.1) is 0 Å². The average molecular weight is 347 g/mol. The van der Waals surface area contributed by atoms with Crippen molar-refractivity contribution in [3.8, 4) is 0 Å². The summed E-state index contributed by atoms with van der Waals surface area (Å²) in [6, 6.07) is 11.7. The summed E-state index contributed by atoms with van der Waals surface area (Å²) in [5, 5.41) is 3.30. The summed E-state index contributed by atoms with van der Waals surface area (Å²) in [4.78, 5) is 41.0. The summed E-state index contributed by atoms with van der Waals surface area (Å²) < 4.78 is 1.70. The van der Waals surface area contributed by atoms with Gasteiger partial charge in [0.25, 0.3) is 11.5 Å². The first-order valence-corrected chi connectivity index (χ1v) is 8.49. The summed E-state index contributed by atoms with van der Waals surface area (Å²) in [6.45, 7) is 2.18. The predicted octanol–water partition coefficient (Wildman–Crippen LogP) is 2.80. The van der Waals surface area contributed by atoms with Gasteiger partial charge in [0.05, 0.1) is 10.9 Å². The lowest BCUT2D eigenvalue weighted by atomic mass is 10.1. The highest BCUT2D eigenvalue weighted by Gasteiger charge is 2.17. The zero-order valence-electron chi connectivity index (χ0n) is 14.3. The Morgan fingerprint density at radius 3 is 2.77 bits per heavy atom. The molecular weight excluding hydrogens is 330 g/mol. The number of rotatable bonds is 3. The van der Waals surface area contributed by atoms with Gasteiger partial charge in [0.15, 0.2) is 5.78 Å². The van der Waals surface area contributed by atoms with E-state index in [9.17, 15) is 14.4 Å². The second-order valence-electron chi connectivity index (χ2n) is 6.41. The number of carbonyl (C=O) groups excluding carboxylic acids is 2. The molecule has 1 amide bonds.